The van der Waals surface area contributed by atoms with Gasteiger partial charge >= 0.3 is 6.18 Å². The minimum Gasteiger partial charge on any atom is -0.490 e. The molecule has 2 fully saturated rings. The molecule has 0 aromatic heterocycles. The molecule has 0 bridgehead atoms. The molecule has 2 aromatic rings. The maximum Gasteiger partial charge on any atom is 0.416 e. The van der Waals surface area contributed by atoms with Gasteiger partial charge in [0.2, 0.25) is 5.91 Å². The van der Waals surface area contributed by atoms with Gasteiger partial charge in [-0.25, -0.2) is 0 Å². The molecule has 2 aromatic carbocycles. The van der Waals surface area contributed by atoms with E-state index in [1.165, 1.54) is 0 Å². The molecule has 5 nitrogen and oxygen atoms in total. The predicted molar refractivity (Wildman–Crippen MR) is 133 cm³/mol. The van der Waals surface area contributed by atoms with Crippen molar-refractivity contribution in [1.82, 2.24) is 9.80 Å². The molecule has 0 aliphatic carbocycles. The van der Waals surface area contributed by atoms with Crippen LogP contribution in [0.5, 0.6) is 5.75 Å². The Morgan fingerprint density at radius 1 is 1.03 bits per heavy atom. The molecule has 2 saturated heterocycles. The second-order valence-electron chi connectivity index (χ2n) is 9.56. The Labute approximate surface area is 210 Å². The number of para-hydroxylation sites is 1. The number of piperidine rings is 1. The number of amides is 1. The maximum atomic E-state index is 12.8. The Morgan fingerprint density at radius 2 is 1.69 bits per heavy atom. The van der Waals surface area contributed by atoms with Crippen LogP contribution in [0, 0.1) is 0 Å². The van der Waals surface area contributed by atoms with Crippen molar-refractivity contribution in [3.63, 3.8) is 0 Å². The summed E-state index contributed by atoms with van der Waals surface area (Å²) in [4.78, 5) is 16.3. The molecule has 2 aliphatic heterocycles. The Kier molecular flexibility index (Phi) is 8.69. The average Bonchev–Trinajstić information content (AvgIpc) is 3.42. The van der Waals surface area contributed by atoms with Gasteiger partial charge in [-0.3, -0.25) is 4.79 Å². The second-order valence-corrected chi connectivity index (χ2v) is 9.56. The third-order valence-electron chi connectivity index (χ3n) is 6.94. The number of hydrogen-bond donors (Lipinski definition) is 1. The van der Waals surface area contributed by atoms with Crippen LogP contribution in [0.15, 0.2) is 54.6 Å². The third-order valence-corrected chi connectivity index (χ3v) is 6.94. The molecule has 8 heteroatoms. The maximum absolute atomic E-state index is 12.8. The molecule has 1 atom stereocenters. The summed E-state index contributed by atoms with van der Waals surface area (Å²) in [6.07, 6.45) is 2.08. The molecular formula is C28H33F3N2O3. The van der Waals surface area contributed by atoms with E-state index in [1.807, 2.05) is 29.2 Å². The SMILES string of the molecule is O=C(C=Cc1ccccc1OCC(O)CN1CCC(c2ccc(C(F)(F)F)cc2)CC1)N1CCCC1. The van der Waals surface area contributed by atoms with Crippen LogP contribution in [0.3, 0.4) is 0 Å². The van der Waals surface area contributed by atoms with E-state index in [-0.39, 0.29) is 18.4 Å². The number of halogens is 3. The number of rotatable bonds is 8. The van der Waals surface area contributed by atoms with Gasteiger partial charge in [0, 0.05) is 31.3 Å². The van der Waals surface area contributed by atoms with Gasteiger partial charge < -0.3 is 19.6 Å². The lowest BCUT2D eigenvalue weighted by molar-refractivity contribution is -0.137. The van der Waals surface area contributed by atoms with Gasteiger partial charge in [-0.15, -0.1) is 0 Å². The number of nitrogens with zero attached hydrogens (tertiary/aromatic N) is 2. The molecule has 2 heterocycles. The Balaban J connectivity index is 1.23. The summed E-state index contributed by atoms with van der Waals surface area (Å²) in [7, 11) is 0. The quantitative estimate of drug-likeness (QED) is 0.519. The number of β-amino-alcohol motifs (C(OH)–C–C–N with tert-alkyl or cyclic N) is 1. The number of ether oxygens (including phenoxy) is 1. The van der Waals surface area contributed by atoms with Crippen LogP contribution in [0.25, 0.3) is 6.08 Å². The Morgan fingerprint density at radius 3 is 2.36 bits per heavy atom. The van der Waals surface area contributed by atoms with Gasteiger partial charge in [0.1, 0.15) is 18.5 Å². The normalized spacial score (nSPS) is 18.6. The highest BCUT2D eigenvalue weighted by molar-refractivity contribution is 5.92. The third kappa shape index (κ3) is 7.11. The Hall–Kier alpha value is -2.84. The number of alkyl halides is 3. The zero-order valence-electron chi connectivity index (χ0n) is 20.3. The zero-order chi connectivity index (χ0) is 25.5. The van der Waals surface area contributed by atoms with Crippen LogP contribution in [-0.2, 0) is 11.0 Å². The topological polar surface area (TPSA) is 53.0 Å². The van der Waals surface area contributed by atoms with Crippen molar-refractivity contribution in [2.75, 3.05) is 39.3 Å². The van der Waals surface area contributed by atoms with Crippen molar-refractivity contribution < 1.29 is 27.8 Å². The van der Waals surface area contributed by atoms with E-state index >= 15 is 0 Å². The van der Waals surface area contributed by atoms with Crippen LogP contribution in [-0.4, -0.2) is 66.2 Å². The lowest BCUT2D eigenvalue weighted by Gasteiger charge is -2.33. The monoisotopic (exact) mass is 502 g/mol. The van der Waals surface area contributed by atoms with Crippen LogP contribution in [0.2, 0.25) is 0 Å². The first kappa shape index (κ1) is 26.2. The van der Waals surface area contributed by atoms with Crippen molar-refractivity contribution >= 4 is 12.0 Å². The van der Waals surface area contributed by atoms with Crippen LogP contribution in [0.1, 0.15) is 48.3 Å². The standard InChI is InChI=1S/C28H33F3N2O3/c29-28(30,31)24-10-7-21(8-11-24)22-13-17-32(18-14-22)19-25(34)20-36-26-6-2-1-5-23(26)9-12-27(35)33-15-3-4-16-33/h1-2,5-12,22,25,34H,3-4,13-20H2. The van der Waals surface area contributed by atoms with E-state index in [2.05, 4.69) is 4.90 Å². The van der Waals surface area contributed by atoms with Crippen molar-refractivity contribution in [2.24, 2.45) is 0 Å². The number of carbonyl (C=O) groups is 1. The van der Waals surface area contributed by atoms with Gasteiger partial charge in [-0.2, -0.15) is 13.2 Å². The molecule has 194 valence electrons. The van der Waals surface area contributed by atoms with Gasteiger partial charge in [0.25, 0.3) is 0 Å². The summed E-state index contributed by atoms with van der Waals surface area (Å²) >= 11 is 0. The molecule has 1 unspecified atom stereocenters. The molecule has 0 radical (unpaired) electrons. The average molecular weight is 503 g/mol. The number of hydrogen-bond acceptors (Lipinski definition) is 4. The van der Waals surface area contributed by atoms with Crippen molar-refractivity contribution in [1.29, 1.82) is 0 Å². The van der Waals surface area contributed by atoms with Crippen molar-refractivity contribution in [3.8, 4) is 5.75 Å². The van der Waals surface area contributed by atoms with Gasteiger partial charge in [-0.05, 0) is 74.5 Å². The smallest absolute Gasteiger partial charge is 0.416 e. The summed E-state index contributed by atoms with van der Waals surface area (Å²) < 4.78 is 44.3. The van der Waals surface area contributed by atoms with Crippen LogP contribution >= 0.6 is 0 Å². The first-order chi connectivity index (χ1) is 17.3. The second kappa shape index (κ2) is 11.9. The molecule has 4 rings (SSSR count). The highest BCUT2D eigenvalue weighted by atomic mass is 19.4. The zero-order valence-corrected chi connectivity index (χ0v) is 20.3. The highest BCUT2D eigenvalue weighted by Gasteiger charge is 2.30. The lowest BCUT2D eigenvalue weighted by Crippen LogP contribution is -2.40. The Bertz CT molecular complexity index is 1030. The first-order valence-electron chi connectivity index (χ1n) is 12.6. The van der Waals surface area contributed by atoms with Gasteiger partial charge in [0.15, 0.2) is 0 Å². The molecule has 0 spiro atoms. The summed E-state index contributed by atoms with van der Waals surface area (Å²) in [6, 6.07) is 12.9. The fourth-order valence-electron chi connectivity index (χ4n) is 4.88. The van der Waals surface area contributed by atoms with E-state index in [0.717, 1.165) is 75.1 Å². The largest absolute Gasteiger partial charge is 0.490 e. The predicted octanol–water partition coefficient (Wildman–Crippen LogP) is 4.96. The minimum atomic E-state index is -4.32. The molecular weight excluding hydrogens is 469 g/mol. The van der Waals surface area contributed by atoms with E-state index in [9.17, 15) is 23.1 Å². The van der Waals surface area contributed by atoms with Gasteiger partial charge in [0.05, 0.1) is 5.56 Å². The lowest BCUT2D eigenvalue weighted by atomic mass is 9.89. The number of aliphatic hydroxyl groups excluding tert-OH is 1. The molecule has 1 amide bonds. The molecule has 36 heavy (non-hydrogen) atoms. The summed E-state index contributed by atoms with van der Waals surface area (Å²) in [5, 5.41) is 10.6. The first-order valence-corrected chi connectivity index (χ1v) is 12.6. The number of carbonyl (C=O) groups excluding carboxylic acids is 1. The van der Waals surface area contributed by atoms with Crippen molar-refractivity contribution in [3.05, 3.63) is 71.3 Å². The minimum absolute atomic E-state index is 0.00188. The van der Waals surface area contributed by atoms with E-state index < -0.39 is 17.8 Å². The molecule has 2 aliphatic rings. The van der Waals surface area contributed by atoms with Crippen LogP contribution in [0.4, 0.5) is 13.2 Å². The van der Waals surface area contributed by atoms with E-state index in [4.69, 9.17) is 4.74 Å². The molecule has 1 N–H and O–H groups in total. The highest BCUT2D eigenvalue weighted by Crippen LogP contribution is 2.33. The van der Waals surface area contributed by atoms with Crippen LogP contribution < -0.4 is 4.74 Å². The number of likely N-dealkylation sites (tertiary alicyclic amines) is 2. The van der Waals surface area contributed by atoms with E-state index in [0.29, 0.717) is 12.3 Å². The number of aliphatic hydroxyl groups is 1. The van der Waals surface area contributed by atoms with Gasteiger partial charge in [-0.1, -0.05) is 30.3 Å². The summed E-state index contributed by atoms with van der Waals surface area (Å²) in [6.45, 7) is 3.72. The molecule has 0 saturated carbocycles. The van der Waals surface area contributed by atoms with E-state index in [1.54, 1.807) is 24.3 Å². The summed E-state index contributed by atoms with van der Waals surface area (Å²) in [5.41, 5.74) is 1.09. The fourth-order valence-corrected chi connectivity index (χ4v) is 4.88. The summed E-state index contributed by atoms with van der Waals surface area (Å²) in [5.74, 6) is 0.837. The fraction of sp³-hybridized carbons (Fsp3) is 0.464. The number of benzene rings is 2. The van der Waals surface area contributed by atoms with Crippen molar-refractivity contribution in [2.45, 2.75) is 43.9 Å².